The molecular formula is C21H17BrCl2N4O4. The topological polar surface area (TPSA) is 98.9 Å². The van der Waals surface area contributed by atoms with Gasteiger partial charge >= 0.3 is 0 Å². The van der Waals surface area contributed by atoms with Crippen LogP contribution >= 0.6 is 39.1 Å². The van der Waals surface area contributed by atoms with Crippen molar-refractivity contribution in [3.05, 3.63) is 84.4 Å². The summed E-state index contributed by atoms with van der Waals surface area (Å²) in [5, 5.41) is 15.9. The smallest absolute Gasteiger partial charge is 0.287 e. The maximum absolute atomic E-state index is 10.7. The summed E-state index contributed by atoms with van der Waals surface area (Å²) in [5.41, 5.74) is 4.14. The summed E-state index contributed by atoms with van der Waals surface area (Å²) in [6.07, 6.45) is 2.72. The molecule has 0 saturated carbocycles. The lowest BCUT2D eigenvalue weighted by atomic mass is 10.2. The molecule has 0 aliphatic rings. The van der Waals surface area contributed by atoms with Crippen molar-refractivity contribution < 1.29 is 14.4 Å². The van der Waals surface area contributed by atoms with Crippen LogP contribution in [0.1, 0.15) is 18.1 Å². The second-order valence-electron chi connectivity index (χ2n) is 6.31. The van der Waals surface area contributed by atoms with Gasteiger partial charge < -0.3 is 9.47 Å². The van der Waals surface area contributed by atoms with Gasteiger partial charge in [-0.2, -0.15) is 5.10 Å². The summed E-state index contributed by atoms with van der Waals surface area (Å²) in [4.78, 5) is 14.1. The number of hydrogen-bond acceptors (Lipinski definition) is 7. The highest BCUT2D eigenvalue weighted by atomic mass is 79.9. The highest BCUT2D eigenvalue weighted by Crippen LogP contribution is 2.34. The second kappa shape index (κ2) is 11.1. The van der Waals surface area contributed by atoms with Gasteiger partial charge in [-0.25, -0.2) is 4.98 Å². The van der Waals surface area contributed by atoms with E-state index in [1.807, 2.05) is 6.92 Å². The number of rotatable bonds is 9. The number of aromatic nitrogens is 1. The average molecular weight is 540 g/mol. The molecule has 0 aliphatic carbocycles. The molecule has 3 rings (SSSR count). The predicted octanol–water partition coefficient (Wildman–Crippen LogP) is 6.48. The molecule has 1 heterocycles. The van der Waals surface area contributed by atoms with Crippen LogP contribution in [-0.2, 0) is 6.61 Å². The predicted molar refractivity (Wildman–Crippen MR) is 128 cm³/mol. The van der Waals surface area contributed by atoms with Crippen LogP contribution in [0.3, 0.4) is 0 Å². The van der Waals surface area contributed by atoms with Crippen LogP contribution in [0.4, 0.5) is 11.5 Å². The average Bonchev–Trinajstić information content (AvgIpc) is 2.76. The minimum atomic E-state index is -0.517. The minimum Gasteiger partial charge on any atom is -0.490 e. The Morgan fingerprint density at radius 2 is 1.97 bits per heavy atom. The van der Waals surface area contributed by atoms with Gasteiger partial charge in [0, 0.05) is 31.7 Å². The van der Waals surface area contributed by atoms with Crippen molar-refractivity contribution in [3.63, 3.8) is 0 Å². The zero-order chi connectivity index (χ0) is 23.1. The van der Waals surface area contributed by atoms with Crippen LogP contribution in [0, 0.1) is 10.1 Å². The summed E-state index contributed by atoms with van der Waals surface area (Å²) in [6.45, 7) is 2.56. The lowest BCUT2D eigenvalue weighted by Crippen LogP contribution is -2.02. The fraction of sp³-hybridized carbons (Fsp3) is 0.143. The number of hydrazone groups is 1. The first-order valence-corrected chi connectivity index (χ1v) is 10.8. The first kappa shape index (κ1) is 23.8. The SMILES string of the molecule is CCOc1cc(/C=N/Nc2ccc([N+](=O)[O-])cn2)c(Br)cc1OCc1ccc(Cl)cc1Cl. The molecule has 1 aromatic heterocycles. The third-order valence-electron chi connectivity index (χ3n) is 4.10. The number of pyridine rings is 1. The Labute approximate surface area is 202 Å². The first-order valence-electron chi connectivity index (χ1n) is 9.30. The molecular weight excluding hydrogens is 523 g/mol. The van der Waals surface area contributed by atoms with Gasteiger partial charge in [-0.15, -0.1) is 0 Å². The van der Waals surface area contributed by atoms with Gasteiger partial charge in [0.1, 0.15) is 18.6 Å². The van der Waals surface area contributed by atoms with Gasteiger partial charge in [-0.1, -0.05) is 29.3 Å². The zero-order valence-electron chi connectivity index (χ0n) is 16.7. The Hall–Kier alpha value is -2.88. The number of nitro groups is 1. The van der Waals surface area contributed by atoms with Crippen LogP contribution < -0.4 is 14.9 Å². The maximum Gasteiger partial charge on any atom is 0.287 e. The summed E-state index contributed by atoms with van der Waals surface area (Å²) in [5.74, 6) is 1.44. The zero-order valence-corrected chi connectivity index (χ0v) is 19.8. The highest BCUT2D eigenvalue weighted by molar-refractivity contribution is 9.10. The normalized spacial score (nSPS) is 10.9. The molecule has 0 bridgehead atoms. The molecule has 1 N–H and O–H groups in total. The molecule has 0 radical (unpaired) electrons. The molecule has 3 aromatic rings. The molecule has 0 aliphatic heterocycles. The Morgan fingerprint density at radius 3 is 2.62 bits per heavy atom. The van der Waals surface area contributed by atoms with Crippen LogP contribution in [0.25, 0.3) is 0 Å². The maximum atomic E-state index is 10.7. The van der Waals surface area contributed by atoms with Crippen LogP contribution in [-0.4, -0.2) is 22.7 Å². The van der Waals surface area contributed by atoms with E-state index in [9.17, 15) is 10.1 Å². The van der Waals surface area contributed by atoms with Crippen molar-refractivity contribution in [3.8, 4) is 11.5 Å². The van der Waals surface area contributed by atoms with Crippen molar-refractivity contribution in [2.45, 2.75) is 13.5 Å². The number of nitrogens with zero attached hydrogens (tertiary/aromatic N) is 3. The Bertz CT molecular complexity index is 1140. The number of nitrogens with one attached hydrogen (secondary N) is 1. The van der Waals surface area contributed by atoms with E-state index in [-0.39, 0.29) is 12.3 Å². The summed E-state index contributed by atoms with van der Waals surface area (Å²) < 4.78 is 12.4. The summed E-state index contributed by atoms with van der Waals surface area (Å²) in [7, 11) is 0. The molecule has 0 unspecified atom stereocenters. The largest absolute Gasteiger partial charge is 0.490 e. The lowest BCUT2D eigenvalue weighted by molar-refractivity contribution is -0.385. The van der Waals surface area contributed by atoms with E-state index < -0.39 is 4.92 Å². The van der Waals surface area contributed by atoms with Crippen molar-refractivity contribution in [1.82, 2.24) is 4.98 Å². The van der Waals surface area contributed by atoms with Crippen LogP contribution in [0.15, 0.2) is 58.2 Å². The monoisotopic (exact) mass is 538 g/mol. The molecule has 0 fully saturated rings. The van der Waals surface area contributed by atoms with Crippen molar-refractivity contribution in [1.29, 1.82) is 0 Å². The molecule has 0 saturated heterocycles. The first-order chi connectivity index (χ1) is 15.4. The third-order valence-corrected chi connectivity index (χ3v) is 5.38. The van der Waals surface area contributed by atoms with E-state index in [0.29, 0.717) is 34.0 Å². The molecule has 8 nitrogen and oxygen atoms in total. The molecule has 32 heavy (non-hydrogen) atoms. The van der Waals surface area contributed by atoms with Crippen molar-refractivity contribution >= 4 is 56.9 Å². The van der Waals surface area contributed by atoms with E-state index in [4.69, 9.17) is 32.7 Å². The number of ether oxygens (including phenoxy) is 2. The highest BCUT2D eigenvalue weighted by Gasteiger charge is 2.12. The molecule has 0 atom stereocenters. The van der Waals surface area contributed by atoms with E-state index in [2.05, 4.69) is 31.4 Å². The van der Waals surface area contributed by atoms with Gasteiger partial charge in [0.05, 0.1) is 17.7 Å². The molecule has 2 aromatic carbocycles. The molecule has 11 heteroatoms. The van der Waals surface area contributed by atoms with Crippen molar-refractivity contribution in [2.24, 2.45) is 5.10 Å². The number of anilines is 1. The van der Waals surface area contributed by atoms with Gasteiger partial charge in [-0.3, -0.25) is 15.5 Å². The Morgan fingerprint density at radius 1 is 1.19 bits per heavy atom. The van der Waals surface area contributed by atoms with E-state index in [1.54, 1.807) is 36.5 Å². The minimum absolute atomic E-state index is 0.0980. The fourth-order valence-electron chi connectivity index (χ4n) is 2.55. The van der Waals surface area contributed by atoms with Gasteiger partial charge in [0.15, 0.2) is 11.5 Å². The van der Waals surface area contributed by atoms with E-state index >= 15 is 0 Å². The third kappa shape index (κ3) is 6.32. The molecule has 0 spiro atoms. The van der Waals surface area contributed by atoms with E-state index in [0.717, 1.165) is 21.8 Å². The molecule has 0 amide bonds. The van der Waals surface area contributed by atoms with E-state index in [1.165, 1.54) is 12.1 Å². The van der Waals surface area contributed by atoms with Gasteiger partial charge in [-0.05, 0) is 53.2 Å². The van der Waals surface area contributed by atoms with Gasteiger partial charge in [0.25, 0.3) is 5.69 Å². The standard InChI is InChI=1S/C21H17BrCl2N4O4/c1-2-31-19-7-14(10-26-27-21-6-5-16(11-25-21)28(29)30)17(22)9-20(19)32-12-13-3-4-15(23)8-18(13)24/h3-11H,2,12H2,1H3,(H,25,27)/b26-10+. The number of benzene rings is 2. The fourth-order valence-corrected chi connectivity index (χ4v) is 3.44. The number of halogens is 3. The summed E-state index contributed by atoms with van der Waals surface area (Å²) >= 11 is 15.7. The van der Waals surface area contributed by atoms with Crippen LogP contribution in [0.5, 0.6) is 11.5 Å². The van der Waals surface area contributed by atoms with Crippen molar-refractivity contribution in [2.75, 3.05) is 12.0 Å². The Balaban J connectivity index is 1.73. The molecule has 166 valence electrons. The second-order valence-corrected chi connectivity index (χ2v) is 8.00. The summed E-state index contributed by atoms with van der Waals surface area (Å²) in [6, 6.07) is 11.6. The lowest BCUT2D eigenvalue weighted by Gasteiger charge is -2.14. The quantitative estimate of drug-likeness (QED) is 0.190. The number of hydrogen-bond donors (Lipinski definition) is 1. The Kier molecular flexibility index (Phi) is 8.26. The van der Waals surface area contributed by atoms with Crippen LogP contribution in [0.2, 0.25) is 10.0 Å². The van der Waals surface area contributed by atoms with Gasteiger partial charge in [0.2, 0.25) is 0 Å².